The summed E-state index contributed by atoms with van der Waals surface area (Å²) in [5.74, 6) is 5.83. The van der Waals surface area contributed by atoms with Gasteiger partial charge in [-0.25, -0.2) is 13.1 Å². The number of nitrogens with one attached hydrogen (secondary N) is 2. The number of carbonyl (C=O) groups is 1. The molecule has 0 saturated heterocycles. The van der Waals surface area contributed by atoms with E-state index in [-0.39, 0.29) is 16.8 Å². The van der Waals surface area contributed by atoms with Crippen molar-refractivity contribution >= 4 is 33.0 Å². The Morgan fingerprint density at radius 1 is 1.00 bits per heavy atom. The van der Waals surface area contributed by atoms with Crippen LogP contribution < -0.4 is 10.0 Å². The van der Waals surface area contributed by atoms with Crippen LogP contribution >= 0.6 is 11.3 Å². The summed E-state index contributed by atoms with van der Waals surface area (Å²) in [7, 11) is -3.59. The van der Waals surface area contributed by atoms with Crippen LogP contribution in [0.4, 0.5) is 5.69 Å². The summed E-state index contributed by atoms with van der Waals surface area (Å²) in [5, 5.41) is 4.78. The van der Waals surface area contributed by atoms with Gasteiger partial charge in [0.2, 0.25) is 10.0 Å². The summed E-state index contributed by atoms with van der Waals surface area (Å²) >= 11 is 1.57. The number of benzene rings is 2. The van der Waals surface area contributed by atoms with Gasteiger partial charge < -0.3 is 5.32 Å². The summed E-state index contributed by atoms with van der Waals surface area (Å²) in [6, 6.07) is 16.8. The minimum atomic E-state index is -3.59. The van der Waals surface area contributed by atoms with Crippen molar-refractivity contribution in [2.24, 2.45) is 0 Å². The molecule has 1 heterocycles. The van der Waals surface area contributed by atoms with E-state index in [9.17, 15) is 13.2 Å². The Morgan fingerprint density at radius 2 is 1.76 bits per heavy atom. The number of rotatable bonds is 5. The monoisotopic (exact) mass is 424 g/mol. The molecular formula is C22H20N2O3S2. The van der Waals surface area contributed by atoms with Crippen LogP contribution in [-0.4, -0.2) is 20.4 Å². The zero-order valence-electron chi connectivity index (χ0n) is 16.0. The third-order valence-electron chi connectivity index (χ3n) is 3.79. The second-order valence-electron chi connectivity index (χ2n) is 6.56. The quantitative estimate of drug-likeness (QED) is 0.606. The number of sulfonamides is 1. The molecule has 0 spiro atoms. The van der Waals surface area contributed by atoms with E-state index >= 15 is 0 Å². The summed E-state index contributed by atoms with van der Waals surface area (Å²) < 4.78 is 26.9. The number of hydrogen-bond donors (Lipinski definition) is 2. The van der Waals surface area contributed by atoms with Gasteiger partial charge in [-0.05, 0) is 67.8 Å². The number of carbonyl (C=O) groups excluding carboxylic acids is 1. The first-order chi connectivity index (χ1) is 13.8. The zero-order valence-corrected chi connectivity index (χ0v) is 17.6. The number of thiophene rings is 1. The highest BCUT2D eigenvalue weighted by molar-refractivity contribution is 7.89. The first-order valence-corrected chi connectivity index (χ1v) is 11.3. The van der Waals surface area contributed by atoms with Crippen molar-refractivity contribution in [3.8, 4) is 11.8 Å². The average molecular weight is 425 g/mol. The standard InChI is InChI=1S/C22H20N2O3S2/c1-16(2)24-29(26,27)21-12-9-18(10-13-21)22(25)23-19-6-3-5-17(15-19)8-11-20-7-4-14-28-20/h3-7,9-10,12-16,24H,1-2H3,(H,23,25). The number of hydrogen-bond acceptors (Lipinski definition) is 4. The van der Waals surface area contributed by atoms with Gasteiger partial charge in [-0.2, -0.15) is 0 Å². The van der Waals surface area contributed by atoms with E-state index in [1.807, 2.05) is 29.6 Å². The van der Waals surface area contributed by atoms with Crippen molar-refractivity contribution < 1.29 is 13.2 Å². The second-order valence-corrected chi connectivity index (χ2v) is 9.22. The van der Waals surface area contributed by atoms with Crippen LogP contribution in [0.2, 0.25) is 0 Å². The van der Waals surface area contributed by atoms with Gasteiger partial charge in [0.05, 0.1) is 9.77 Å². The van der Waals surface area contributed by atoms with Gasteiger partial charge in [-0.15, -0.1) is 11.3 Å². The average Bonchev–Trinajstić information content (AvgIpc) is 3.19. The van der Waals surface area contributed by atoms with E-state index in [1.54, 1.807) is 37.3 Å². The topological polar surface area (TPSA) is 75.3 Å². The van der Waals surface area contributed by atoms with Crippen LogP contribution in [0.5, 0.6) is 0 Å². The van der Waals surface area contributed by atoms with Crippen LogP contribution in [0.15, 0.2) is 70.9 Å². The van der Waals surface area contributed by atoms with Crippen molar-refractivity contribution in [1.82, 2.24) is 4.72 Å². The maximum absolute atomic E-state index is 12.5. The molecule has 5 nitrogen and oxygen atoms in total. The Labute approximate surface area is 174 Å². The lowest BCUT2D eigenvalue weighted by atomic mass is 10.1. The SMILES string of the molecule is CC(C)NS(=O)(=O)c1ccc(C(=O)Nc2cccc(C#Cc3cccs3)c2)cc1. The van der Waals surface area contributed by atoms with Crippen LogP contribution in [0.1, 0.15) is 34.6 Å². The summed E-state index contributed by atoms with van der Waals surface area (Å²) in [6.45, 7) is 3.50. The highest BCUT2D eigenvalue weighted by atomic mass is 32.2. The van der Waals surface area contributed by atoms with E-state index in [1.165, 1.54) is 24.3 Å². The van der Waals surface area contributed by atoms with Crippen molar-refractivity contribution in [1.29, 1.82) is 0 Å². The minimum absolute atomic E-state index is 0.119. The molecule has 0 radical (unpaired) electrons. The molecule has 3 aromatic rings. The molecule has 1 aromatic heterocycles. The number of anilines is 1. The summed E-state index contributed by atoms with van der Waals surface area (Å²) in [4.78, 5) is 13.6. The molecule has 0 fully saturated rings. The first kappa shape index (κ1) is 20.8. The van der Waals surface area contributed by atoms with E-state index in [0.29, 0.717) is 11.3 Å². The van der Waals surface area contributed by atoms with Gasteiger partial charge in [0.25, 0.3) is 5.91 Å². The van der Waals surface area contributed by atoms with E-state index < -0.39 is 10.0 Å². The molecule has 0 unspecified atom stereocenters. The van der Waals surface area contributed by atoms with Gasteiger partial charge in [-0.1, -0.05) is 24.0 Å². The van der Waals surface area contributed by atoms with Gasteiger partial charge in [0.1, 0.15) is 0 Å². The lowest BCUT2D eigenvalue weighted by Gasteiger charge is -2.10. The third-order valence-corrected chi connectivity index (χ3v) is 6.25. The molecule has 2 N–H and O–H groups in total. The maximum atomic E-state index is 12.5. The van der Waals surface area contributed by atoms with E-state index in [2.05, 4.69) is 21.9 Å². The first-order valence-electron chi connectivity index (χ1n) is 8.93. The molecule has 1 amide bonds. The largest absolute Gasteiger partial charge is 0.322 e. The van der Waals surface area contributed by atoms with Crippen molar-refractivity contribution in [2.45, 2.75) is 24.8 Å². The Morgan fingerprint density at radius 3 is 2.41 bits per heavy atom. The fourth-order valence-corrected chi connectivity index (χ4v) is 4.35. The molecule has 0 atom stereocenters. The van der Waals surface area contributed by atoms with Crippen LogP contribution in [0, 0.1) is 11.8 Å². The molecule has 0 aliphatic heterocycles. The summed E-state index contributed by atoms with van der Waals surface area (Å²) in [5.41, 5.74) is 1.77. The molecule has 148 valence electrons. The molecular weight excluding hydrogens is 404 g/mol. The second kappa shape index (κ2) is 9.05. The van der Waals surface area contributed by atoms with Crippen molar-refractivity contribution in [2.75, 3.05) is 5.32 Å². The van der Waals surface area contributed by atoms with Crippen LogP contribution in [0.3, 0.4) is 0 Å². The van der Waals surface area contributed by atoms with Gasteiger partial charge in [0, 0.05) is 22.9 Å². The lowest BCUT2D eigenvalue weighted by molar-refractivity contribution is 0.102. The van der Waals surface area contributed by atoms with Gasteiger partial charge in [-0.3, -0.25) is 4.79 Å². The molecule has 0 aliphatic carbocycles. The fraction of sp³-hybridized carbons (Fsp3) is 0.136. The molecule has 0 bridgehead atoms. The van der Waals surface area contributed by atoms with E-state index in [4.69, 9.17) is 0 Å². The molecule has 0 saturated carbocycles. The molecule has 0 aliphatic rings. The van der Waals surface area contributed by atoms with E-state index in [0.717, 1.165) is 10.4 Å². The van der Waals surface area contributed by atoms with Gasteiger partial charge >= 0.3 is 0 Å². The third kappa shape index (κ3) is 5.78. The van der Waals surface area contributed by atoms with Crippen LogP contribution in [0.25, 0.3) is 0 Å². The van der Waals surface area contributed by atoms with Gasteiger partial charge in [0.15, 0.2) is 0 Å². The number of amides is 1. The Balaban J connectivity index is 1.71. The Kier molecular flexibility index (Phi) is 6.49. The minimum Gasteiger partial charge on any atom is -0.322 e. The zero-order chi connectivity index (χ0) is 20.9. The maximum Gasteiger partial charge on any atom is 0.255 e. The van der Waals surface area contributed by atoms with Crippen LogP contribution in [-0.2, 0) is 10.0 Å². The smallest absolute Gasteiger partial charge is 0.255 e. The molecule has 2 aromatic carbocycles. The van der Waals surface area contributed by atoms with Crippen molar-refractivity contribution in [3.63, 3.8) is 0 Å². The van der Waals surface area contributed by atoms with Crippen molar-refractivity contribution in [3.05, 3.63) is 82.0 Å². The molecule has 7 heteroatoms. The predicted molar refractivity (Wildman–Crippen MR) is 117 cm³/mol. The molecule has 3 rings (SSSR count). The Hall–Kier alpha value is -2.92. The Bertz CT molecular complexity index is 1150. The highest BCUT2D eigenvalue weighted by Gasteiger charge is 2.16. The summed E-state index contributed by atoms with van der Waals surface area (Å²) in [6.07, 6.45) is 0. The lowest BCUT2D eigenvalue weighted by Crippen LogP contribution is -2.30. The predicted octanol–water partition coefficient (Wildman–Crippen LogP) is 4.09. The normalized spacial score (nSPS) is 11.0. The molecule has 29 heavy (non-hydrogen) atoms. The highest BCUT2D eigenvalue weighted by Crippen LogP contribution is 2.15. The fourth-order valence-electron chi connectivity index (χ4n) is 2.53.